The lowest BCUT2D eigenvalue weighted by Crippen LogP contribution is -2.16. The smallest absolute Gasteiger partial charge is 0.135 e. The third-order valence-corrected chi connectivity index (χ3v) is 2.54. The molecule has 0 saturated heterocycles. The normalized spacial score (nSPS) is 8.50. The van der Waals surface area contributed by atoms with Crippen LogP contribution in [0.2, 0.25) is 0 Å². The van der Waals surface area contributed by atoms with Gasteiger partial charge in [0.05, 0.1) is 6.07 Å². The van der Waals surface area contributed by atoms with Gasteiger partial charge in [-0.05, 0) is 0 Å². The third-order valence-electron chi connectivity index (χ3n) is 0.805. The summed E-state index contributed by atoms with van der Waals surface area (Å²) in [5, 5.41) is 8.20. The molecule has 0 fully saturated rings. The Bertz CT molecular complexity index is 148. The molecule has 0 radical (unpaired) electrons. The highest BCUT2D eigenvalue weighted by atomic mass is 32.2. The first-order chi connectivity index (χ1) is 4.68. The van der Waals surface area contributed by atoms with Crippen molar-refractivity contribution in [1.29, 1.82) is 5.26 Å². The predicted molar refractivity (Wildman–Crippen MR) is 49.0 cm³/mol. The first-order valence-electron chi connectivity index (χ1n) is 2.89. The van der Waals surface area contributed by atoms with Crippen molar-refractivity contribution in [2.24, 2.45) is 0 Å². The van der Waals surface area contributed by atoms with Crippen molar-refractivity contribution in [3.8, 4) is 6.07 Å². The minimum atomic E-state index is 0.568. The van der Waals surface area contributed by atoms with E-state index in [9.17, 15) is 0 Å². The van der Waals surface area contributed by atoms with Crippen LogP contribution in [0.4, 0.5) is 0 Å². The Kier molecular flexibility index (Phi) is 5.36. The lowest BCUT2D eigenvalue weighted by atomic mass is 10.6. The molecule has 56 valence electrons. The highest BCUT2D eigenvalue weighted by Gasteiger charge is 1.97. The minimum absolute atomic E-state index is 0.568. The second-order valence-corrected chi connectivity index (χ2v) is 3.65. The van der Waals surface area contributed by atoms with Crippen molar-refractivity contribution in [2.45, 2.75) is 6.42 Å². The van der Waals surface area contributed by atoms with E-state index in [1.807, 2.05) is 19.0 Å². The molecular weight excluding hydrogens is 164 g/mol. The first-order valence-corrected chi connectivity index (χ1v) is 4.29. The molecule has 0 aromatic rings. The van der Waals surface area contributed by atoms with Crippen molar-refractivity contribution in [3.63, 3.8) is 0 Å². The Morgan fingerprint density at radius 1 is 1.70 bits per heavy atom. The van der Waals surface area contributed by atoms with Crippen LogP contribution in [-0.4, -0.2) is 29.1 Å². The van der Waals surface area contributed by atoms with E-state index in [1.165, 1.54) is 0 Å². The third kappa shape index (κ3) is 4.59. The molecule has 0 aromatic heterocycles. The van der Waals surface area contributed by atoms with Gasteiger partial charge in [0.2, 0.25) is 0 Å². The molecule has 2 nitrogen and oxygen atoms in total. The zero-order valence-corrected chi connectivity index (χ0v) is 7.76. The molecule has 10 heavy (non-hydrogen) atoms. The zero-order valence-electron chi connectivity index (χ0n) is 6.13. The van der Waals surface area contributed by atoms with Gasteiger partial charge in [0.25, 0.3) is 0 Å². The van der Waals surface area contributed by atoms with Crippen LogP contribution >= 0.6 is 24.0 Å². The maximum absolute atomic E-state index is 8.20. The average Bonchev–Trinajstić information content (AvgIpc) is 1.88. The van der Waals surface area contributed by atoms with Crippen LogP contribution < -0.4 is 0 Å². The summed E-state index contributed by atoms with van der Waals surface area (Å²) in [4.78, 5) is 1.87. The maximum atomic E-state index is 8.20. The van der Waals surface area contributed by atoms with Gasteiger partial charge in [-0.15, -0.1) is 0 Å². The number of rotatable bonds is 2. The van der Waals surface area contributed by atoms with Crippen LogP contribution in [0.5, 0.6) is 0 Å². The van der Waals surface area contributed by atoms with E-state index >= 15 is 0 Å². The quantitative estimate of drug-likeness (QED) is 0.468. The molecule has 0 aliphatic carbocycles. The molecule has 0 aliphatic rings. The molecule has 0 amide bonds. The van der Waals surface area contributed by atoms with E-state index in [4.69, 9.17) is 17.5 Å². The minimum Gasteiger partial charge on any atom is -0.364 e. The molecule has 4 heteroatoms. The summed E-state index contributed by atoms with van der Waals surface area (Å²) in [5.74, 6) is 0.799. The highest BCUT2D eigenvalue weighted by molar-refractivity contribution is 8.22. The van der Waals surface area contributed by atoms with Gasteiger partial charge in [0.1, 0.15) is 4.32 Å². The second-order valence-electron chi connectivity index (χ2n) is 1.92. The fourth-order valence-electron chi connectivity index (χ4n) is 0.313. The first kappa shape index (κ1) is 9.73. The van der Waals surface area contributed by atoms with Crippen molar-refractivity contribution in [3.05, 3.63) is 0 Å². The van der Waals surface area contributed by atoms with Crippen molar-refractivity contribution >= 4 is 28.3 Å². The zero-order chi connectivity index (χ0) is 7.98. The number of nitrogens with zero attached hydrogens (tertiary/aromatic N) is 2. The number of thiocarbonyl (C=S) groups is 1. The molecule has 0 unspecified atom stereocenters. The molecule has 0 aromatic carbocycles. The van der Waals surface area contributed by atoms with Crippen LogP contribution in [-0.2, 0) is 0 Å². The number of nitriles is 1. The van der Waals surface area contributed by atoms with Gasteiger partial charge in [-0.25, -0.2) is 0 Å². The SMILES string of the molecule is CN(C)C(=S)SCCC#N. The topological polar surface area (TPSA) is 27.0 Å². The molecule has 0 aliphatic heterocycles. The fraction of sp³-hybridized carbons (Fsp3) is 0.667. The summed E-state index contributed by atoms with van der Waals surface area (Å²) in [6.07, 6.45) is 0.568. The lowest BCUT2D eigenvalue weighted by molar-refractivity contribution is 0.648. The summed E-state index contributed by atoms with van der Waals surface area (Å²) >= 11 is 6.51. The van der Waals surface area contributed by atoms with Gasteiger partial charge in [0.15, 0.2) is 0 Å². The van der Waals surface area contributed by atoms with Crippen LogP contribution in [0.3, 0.4) is 0 Å². The van der Waals surface area contributed by atoms with Gasteiger partial charge >= 0.3 is 0 Å². The molecule has 0 heterocycles. The van der Waals surface area contributed by atoms with E-state index in [-0.39, 0.29) is 0 Å². The highest BCUT2D eigenvalue weighted by Crippen LogP contribution is 2.06. The predicted octanol–water partition coefficient (Wildman–Crippen LogP) is 1.48. The number of thioether (sulfide) groups is 1. The number of hydrogen-bond acceptors (Lipinski definition) is 3. The van der Waals surface area contributed by atoms with E-state index in [1.54, 1.807) is 11.8 Å². The summed E-state index contributed by atoms with van der Waals surface area (Å²) in [6, 6.07) is 2.06. The van der Waals surface area contributed by atoms with Crippen molar-refractivity contribution in [1.82, 2.24) is 4.90 Å². The summed E-state index contributed by atoms with van der Waals surface area (Å²) < 4.78 is 0.843. The van der Waals surface area contributed by atoms with Gasteiger partial charge in [-0.1, -0.05) is 24.0 Å². The Balaban J connectivity index is 3.33. The van der Waals surface area contributed by atoms with E-state index in [2.05, 4.69) is 6.07 Å². The molecule has 0 spiro atoms. The van der Waals surface area contributed by atoms with Gasteiger partial charge in [-0.3, -0.25) is 0 Å². The standard InChI is InChI=1S/C6H10N2S2/c1-8(2)6(9)10-5-3-4-7/h3,5H2,1-2H3. The van der Waals surface area contributed by atoms with Crippen molar-refractivity contribution in [2.75, 3.05) is 19.8 Å². The van der Waals surface area contributed by atoms with Gasteiger partial charge in [0, 0.05) is 26.3 Å². The van der Waals surface area contributed by atoms with Crippen LogP contribution in [0, 0.1) is 11.3 Å². The van der Waals surface area contributed by atoms with Crippen LogP contribution in [0.25, 0.3) is 0 Å². The van der Waals surface area contributed by atoms with E-state index in [0.29, 0.717) is 6.42 Å². The Morgan fingerprint density at radius 3 is 2.70 bits per heavy atom. The van der Waals surface area contributed by atoms with E-state index < -0.39 is 0 Å². The monoisotopic (exact) mass is 174 g/mol. The lowest BCUT2D eigenvalue weighted by Gasteiger charge is -2.10. The summed E-state index contributed by atoms with van der Waals surface area (Å²) in [7, 11) is 3.81. The molecule has 0 rings (SSSR count). The summed E-state index contributed by atoms with van der Waals surface area (Å²) in [5.41, 5.74) is 0. The Morgan fingerprint density at radius 2 is 2.30 bits per heavy atom. The molecule has 0 bridgehead atoms. The Labute approximate surface area is 71.2 Å². The van der Waals surface area contributed by atoms with E-state index in [0.717, 1.165) is 10.1 Å². The van der Waals surface area contributed by atoms with Gasteiger partial charge in [-0.2, -0.15) is 5.26 Å². The fourth-order valence-corrected chi connectivity index (χ4v) is 1.19. The maximum Gasteiger partial charge on any atom is 0.135 e. The molecule has 0 N–H and O–H groups in total. The van der Waals surface area contributed by atoms with Crippen molar-refractivity contribution < 1.29 is 0 Å². The number of hydrogen-bond donors (Lipinski definition) is 0. The van der Waals surface area contributed by atoms with Gasteiger partial charge < -0.3 is 4.90 Å². The van der Waals surface area contributed by atoms with Crippen LogP contribution in [0.1, 0.15) is 6.42 Å². The molecule has 0 saturated carbocycles. The largest absolute Gasteiger partial charge is 0.364 e. The second kappa shape index (κ2) is 5.51. The average molecular weight is 174 g/mol. The van der Waals surface area contributed by atoms with Crippen LogP contribution in [0.15, 0.2) is 0 Å². The molecule has 0 atom stereocenters. The Hall–Kier alpha value is -0.270. The summed E-state index contributed by atoms with van der Waals surface area (Å²) in [6.45, 7) is 0. The molecular formula is C6H10N2S2.